The summed E-state index contributed by atoms with van der Waals surface area (Å²) in [4.78, 5) is 0. The highest BCUT2D eigenvalue weighted by Crippen LogP contribution is 2.16. The fraction of sp³-hybridized carbons (Fsp3) is 0.387. The minimum Gasteiger partial charge on any atom is -0.497 e. The molecule has 12 nitrogen and oxygen atoms in total. The first-order valence-corrected chi connectivity index (χ1v) is 30.0. The Labute approximate surface area is 533 Å². The van der Waals surface area contributed by atoms with Gasteiger partial charge in [0, 0.05) is 12.1 Å². The van der Waals surface area contributed by atoms with Crippen molar-refractivity contribution in [3.8, 4) is 35.8 Å². The fourth-order valence-electron chi connectivity index (χ4n) is 7.06. The van der Waals surface area contributed by atoms with E-state index in [1.807, 2.05) is 178 Å². The molecule has 0 atom stereocenters. The van der Waals surface area contributed by atoms with E-state index < -0.39 is 0 Å². The van der Waals surface area contributed by atoms with E-state index in [1.54, 1.807) is 38.5 Å². The number of ether oxygens (including phenoxy) is 8. The van der Waals surface area contributed by atoms with Crippen molar-refractivity contribution >= 4 is 11.6 Å². The highest BCUT2D eigenvalue weighted by Gasteiger charge is 2.03. The van der Waals surface area contributed by atoms with E-state index in [2.05, 4.69) is 83.2 Å². The lowest BCUT2D eigenvalue weighted by Crippen LogP contribution is -2.04. The summed E-state index contributed by atoms with van der Waals surface area (Å²) in [6.07, 6.45) is 1.26. The molecule has 88 heavy (non-hydrogen) atoms. The van der Waals surface area contributed by atoms with Gasteiger partial charge in [-0.3, -0.25) is 0 Å². The van der Waals surface area contributed by atoms with Crippen molar-refractivity contribution in [1.82, 2.24) is 0 Å². The standard InChI is InChI=1S/C12H15NO.3C11H13NO.C11H16O.C10H13ClO.C9H12O2/c1-9(2)14-8-12-5-10(3)4-11(6-12)7-13;2*1-9(2)13-8-11-5-3-4-10(6-11)7-12;1-9(2)8-13-11-5-3-4-10(6-11)7-12;1-9(2)12-8-11-6-4-5-10(3)7-11;1-8(2)12-7-9-4-3-5-10(11)6-9;1-10-7-8-4-3-5-9(6-8)11-2/h4-6,9H,8H2,1-3H3;3*3-6,9H,8H2,1-2H3;4-7,9H,8H2,1-3H3;3-6,8H,7H2,1-2H3;3-6H,7H2,1-2H3. The van der Waals surface area contributed by atoms with Crippen molar-refractivity contribution < 1.29 is 37.9 Å². The molecule has 0 aliphatic carbocycles. The summed E-state index contributed by atoms with van der Waals surface area (Å²) in [7, 11) is 3.34. The third kappa shape index (κ3) is 40.5. The van der Waals surface area contributed by atoms with Crippen LogP contribution in [0.4, 0.5) is 0 Å². The van der Waals surface area contributed by atoms with Gasteiger partial charge in [-0.05, 0) is 207 Å². The van der Waals surface area contributed by atoms with Crippen molar-refractivity contribution in [2.45, 2.75) is 167 Å². The average Bonchev–Trinajstić information content (AvgIpc) is 3.72. The molecule has 7 aromatic rings. The zero-order valence-electron chi connectivity index (χ0n) is 54.9. The number of methoxy groups -OCH3 is 2. The third-order valence-corrected chi connectivity index (χ3v) is 11.5. The summed E-state index contributed by atoms with van der Waals surface area (Å²) in [6.45, 7) is 32.8. The number of rotatable bonds is 21. The molecule has 0 fully saturated rings. The highest BCUT2D eigenvalue weighted by atomic mass is 35.5. The molecule has 470 valence electrons. The summed E-state index contributed by atoms with van der Waals surface area (Å²) in [5, 5.41) is 35.5. The van der Waals surface area contributed by atoms with Crippen LogP contribution in [0.15, 0.2) is 164 Å². The highest BCUT2D eigenvalue weighted by molar-refractivity contribution is 6.30. The van der Waals surface area contributed by atoms with Crippen molar-refractivity contribution in [1.29, 1.82) is 21.0 Å². The van der Waals surface area contributed by atoms with Crippen LogP contribution in [0.25, 0.3) is 0 Å². The molecule has 0 radical (unpaired) electrons. The van der Waals surface area contributed by atoms with Crippen LogP contribution in [-0.4, -0.2) is 51.3 Å². The molecule has 0 bridgehead atoms. The molecule has 0 unspecified atom stereocenters. The zero-order chi connectivity index (χ0) is 65.7. The van der Waals surface area contributed by atoms with Crippen LogP contribution in [0.5, 0.6) is 11.5 Å². The first-order valence-electron chi connectivity index (χ1n) is 29.6. The van der Waals surface area contributed by atoms with Gasteiger partial charge < -0.3 is 37.9 Å². The Morgan fingerprint density at radius 1 is 0.352 bits per heavy atom. The van der Waals surface area contributed by atoms with Crippen LogP contribution in [0, 0.1) is 65.1 Å². The summed E-state index contributed by atoms with van der Waals surface area (Å²) >= 11 is 5.80. The molecule has 0 saturated carbocycles. The van der Waals surface area contributed by atoms with E-state index in [-0.39, 0.29) is 24.4 Å². The Bertz CT molecular complexity index is 2980. The zero-order valence-corrected chi connectivity index (χ0v) is 55.7. The Morgan fingerprint density at radius 3 is 1.11 bits per heavy atom. The van der Waals surface area contributed by atoms with Crippen molar-refractivity contribution in [2.75, 3.05) is 20.8 Å². The monoisotopic (exact) mass is 1210 g/mol. The van der Waals surface area contributed by atoms with Gasteiger partial charge in [-0.1, -0.05) is 116 Å². The second-order valence-corrected chi connectivity index (χ2v) is 22.4. The van der Waals surface area contributed by atoms with Gasteiger partial charge in [-0.2, -0.15) is 21.0 Å². The second-order valence-electron chi connectivity index (χ2n) is 22.0. The van der Waals surface area contributed by atoms with Gasteiger partial charge in [-0.25, -0.2) is 0 Å². The molecule has 0 aliphatic rings. The topological polar surface area (TPSA) is 169 Å². The number of nitrogens with zero attached hydrogens (tertiary/aromatic N) is 4. The lowest BCUT2D eigenvalue weighted by atomic mass is 10.1. The van der Waals surface area contributed by atoms with E-state index >= 15 is 0 Å². The lowest BCUT2D eigenvalue weighted by molar-refractivity contribution is 0.0655. The number of nitriles is 4. The summed E-state index contributed by atoms with van der Waals surface area (Å²) in [5.74, 6) is 2.15. The number of benzene rings is 7. The van der Waals surface area contributed by atoms with E-state index in [0.29, 0.717) is 73.9 Å². The minimum absolute atomic E-state index is 0.223. The normalized spacial score (nSPS) is 10.1. The molecule has 7 aromatic carbocycles. The van der Waals surface area contributed by atoms with Gasteiger partial charge >= 0.3 is 0 Å². The van der Waals surface area contributed by atoms with E-state index in [0.717, 1.165) is 56.5 Å². The van der Waals surface area contributed by atoms with Crippen molar-refractivity contribution in [3.63, 3.8) is 0 Å². The van der Waals surface area contributed by atoms with Gasteiger partial charge in [0.15, 0.2) is 0 Å². The maximum Gasteiger partial charge on any atom is 0.120 e. The predicted molar refractivity (Wildman–Crippen MR) is 356 cm³/mol. The Balaban J connectivity index is 0.000000514. The maximum absolute atomic E-state index is 8.77. The van der Waals surface area contributed by atoms with Crippen LogP contribution in [-0.2, 0) is 68.1 Å². The quantitative estimate of drug-likeness (QED) is 0.0668. The molecule has 0 aliphatic heterocycles. The van der Waals surface area contributed by atoms with Crippen LogP contribution in [0.1, 0.15) is 150 Å². The van der Waals surface area contributed by atoms with Crippen molar-refractivity contribution in [3.05, 3.63) is 236 Å². The minimum atomic E-state index is 0.223. The largest absolute Gasteiger partial charge is 0.497 e. The second kappa shape index (κ2) is 47.2. The smallest absolute Gasteiger partial charge is 0.120 e. The summed E-state index contributed by atoms with van der Waals surface area (Å²) in [6, 6.07) is 60.3. The molecule has 0 amide bonds. The van der Waals surface area contributed by atoms with E-state index in [9.17, 15) is 0 Å². The van der Waals surface area contributed by atoms with E-state index in [4.69, 9.17) is 70.5 Å². The molecule has 0 N–H and O–H groups in total. The Morgan fingerprint density at radius 2 is 0.705 bits per heavy atom. The number of halogens is 1. The fourth-order valence-corrected chi connectivity index (χ4v) is 7.27. The van der Waals surface area contributed by atoms with Crippen LogP contribution in [0.3, 0.4) is 0 Å². The molecule has 7 rings (SSSR count). The molecular weight excluding hydrogens is 1120 g/mol. The Kier molecular flexibility index (Phi) is 42.0. The molecule has 0 saturated heterocycles. The molecular formula is C75H95ClN4O8. The Hall–Kier alpha value is -7.85. The average molecular weight is 1220 g/mol. The van der Waals surface area contributed by atoms with Gasteiger partial charge in [-0.15, -0.1) is 0 Å². The van der Waals surface area contributed by atoms with Gasteiger partial charge in [0.05, 0.1) is 130 Å². The number of hydrogen-bond acceptors (Lipinski definition) is 12. The molecule has 13 heteroatoms. The third-order valence-electron chi connectivity index (χ3n) is 11.3. The van der Waals surface area contributed by atoms with Crippen LogP contribution < -0.4 is 9.47 Å². The van der Waals surface area contributed by atoms with Gasteiger partial charge in [0.1, 0.15) is 11.5 Å². The SMILES string of the molecule is CC(C)COc1cccc(C#N)c1.CC(C)OCc1cccc(C#N)c1.CC(C)OCc1cccc(C#N)c1.CC(C)OCc1cccc(Cl)c1.COCc1cccc(OC)c1.Cc1cc(C#N)cc(COC(C)C)c1.Cc1cccc(COC(C)C)c1. The number of hydrogen-bond donors (Lipinski definition) is 0. The van der Waals surface area contributed by atoms with Crippen molar-refractivity contribution in [2.24, 2.45) is 5.92 Å². The van der Waals surface area contributed by atoms with E-state index in [1.165, 1.54) is 11.1 Å². The predicted octanol–water partition coefficient (Wildman–Crippen LogP) is 18.4. The lowest BCUT2D eigenvalue weighted by Gasteiger charge is -2.08. The summed E-state index contributed by atoms with van der Waals surface area (Å²) in [5.41, 5.74) is 11.8. The number of aryl methyl sites for hydroxylation is 2. The van der Waals surface area contributed by atoms with Gasteiger partial charge in [0.25, 0.3) is 0 Å². The van der Waals surface area contributed by atoms with Gasteiger partial charge in [0.2, 0.25) is 0 Å². The molecule has 0 aromatic heterocycles. The maximum atomic E-state index is 8.77. The summed E-state index contributed by atoms with van der Waals surface area (Å²) < 4.78 is 42.7. The first kappa shape index (κ1) is 78.2. The molecule has 0 spiro atoms. The van der Waals surface area contributed by atoms with Crippen LogP contribution >= 0.6 is 11.6 Å². The molecule has 0 heterocycles. The first-order chi connectivity index (χ1) is 42.0. The van der Waals surface area contributed by atoms with Crippen LogP contribution in [0.2, 0.25) is 5.02 Å².